The van der Waals surface area contributed by atoms with Crippen molar-refractivity contribution in [2.24, 2.45) is 0 Å². The Morgan fingerprint density at radius 2 is 1.83 bits per heavy atom. The first kappa shape index (κ1) is 12.3. The zero-order chi connectivity index (χ0) is 12.8. The first-order valence-electron chi connectivity index (χ1n) is 6.18. The van der Waals surface area contributed by atoms with Crippen molar-refractivity contribution in [2.45, 2.75) is 19.8 Å². The Bertz CT molecular complexity index is 588. The van der Waals surface area contributed by atoms with Crippen LogP contribution in [0, 0.1) is 11.8 Å². The lowest BCUT2D eigenvalue weighted by molar-refractivity contribution is 0.473. The standard InChI is InChI=1S/C17H16O/c1-2-6-14-7-5-8-15(13-14)11-12-16-9-3-4-10-17(16)18/h3-5,7-10,13,18H,2,6H2,1H3. The summed E-state index contributed by atoms with van der Waals surface area (Å²) in [4.78, 5) is 0. The maximum Gasteiger partial charge on any atom is 0.131 e. The number of aryl methyl sites for hydroxylation is 1. The number of phenolic OH excluding ortho intramolecular Hbond substituents is 1. The molecule has 0 radical (unpaired) electrons. The van der Waals surface area contributed by atoms with E-state index in [4.69, 9.17) is 0 Å². The molecule has 0 saturated carbocycles. The SMILES string of the molecule is CCCc1cccc(C#Cc2ccccc2O)c1. The number of para-hydroxylation sites is 1. The predicted octanol–water partition coefficient (Wildman–Crippen LogP) is 3.74. The largest absolute Gasteiger partial charge is 0.507 e. The van der Waals surface area contributed by atoms with Gasteiger partial charge in [0, 0.05) is 5.56 Å². The summed E-state index contributed by atoms with van der Waals surface area (Å²) >= 11 is 0. The van der Waals surface area contributed by atoms with Gasteiger partial charge in [-0.2, -0.15) is 0 Å². The van der Waals surface area contributed by atoms with Crippen LogP contribution in [0.1, 0.15) is 30.0 Å². The van der Waals surface area contributed by atoms with Crippen LogP contribution >= 0.6 is 0 Å². The summed E-state index contributed by atoms with van der Waals surface area (Å²) in [6.45, 7) is 2.17. The number of hydrogen-bond acceptors (Lipinski definition) is 1. The molecule has 2 rings (SSSR count). The molecule has 0 aliphatic heterocycles. The molecule has 90 valence electrons. The minimum Gasteiger partial charge on any atom is -0.507 e. The molecule has 0 aliphatic rings. The third-order valence-corrected chi connectivity index (χ3v) is 2.71. The fourth-order valence-electron chi connectivity index (χ4n) is 1.81. The fraction of sp³-hybridized carbons (Fsp3) is 0.176. The van der Waals surface area contributed by atoms with Gasteiger partial charge in [0.05, 0.1) is 5.56 Å². The lowest BCUT2D eigenvalue weighted by Crippen LogP contribution is -1.84. The van der Waals surface area contributed by atoms with Crippen molar-refractivity contribution >= 4 is 0 Å². The number of phenols is 1. The molecule has 2 aromatic carbocycles. The van der Waals surface area contributed by atoms with Crippen molar-refractivity contribution in [1.82, 2.24) is 0 Å². The van der Waals surface area contributed by atoms with E-state index in [9.17, 15) is 5.11 Å². The average molecular weight is 236 g/mol. The molecule has 1 heteroatoms. The number of rotatable bonds is 2. The van der Waals surface area contributed by atoms with E-state index in [0.29, 0.717) is 5.56 Å². The van der Waals surface area contributed by atoms with Gasteiger partial charge in [-0.25, -0.2) is 0 Å². The first-order valence-corrected chi connectivity index (χ1v) is 6.18. The molecule has 0 fully saturated rings. The third kappa shape index (κ3) is 3.15. The molecule has 0 aromatic heterocycles. The van der Waals surface area contributed by atoms with E-state index in [1.807, 2.05) is 24.3 Å². The van der Waals surface area contributed by atoms with Crippen LogP contribution in [0.25, 0.3) is 0 Å². The van der Waals surface area contributed by atoms with Crippen LogP contribution in [-0.2, 0) is 6.42 Å². The van der Waals surface area contributed by atoms with E-state index in [-0.39, 0.29) is 5.75 Å². The van der Waals surface area contributed by atoms with Crippen LogP contribution in [0.4, 0.5) is 0 Å². The first-order chi connectivity index (χ1) is 8.79. The van der Waals surface area contributed by atoms with Crippen LogP contribution in [0.3, 0.4) is 0 Å². The van der Waals surface area contributed by atoms with Crippen LogP contribution in [0.2, 0.25) is 0 Å². The zero-order valence-electron chi connectivity index (χ0n) is 10.5. The molecule has 0 spiro atoms. The Morgan fingerprint density at radius 3 is 2.61 bits per heavy atom. The Labute approximate surface area is 108 Å². The lowest BCUT2D eigenvalue weighted by Gasteiger charge is -1.98. The molecular weight excluding hydrogens is 220 g/mol. The maximum atomic E-state index is 9.62. The van der Waals surface area contributed by atoms with Gasteiger partial charge in [-0.3, -0.25) is 0 Å². The van der Waals surface area contributed by atoms with Crippen molar-refractivity contribution in [1.29, 1.82) is 0 Å². The van der Waals surface area contributed by atoms with Gasteiger partial charge >= 0.3 is 0 Å². The summed E-state index contributed by atoms with van der Waals surface area (Å²) in [5, 5.41) is 9.62. The summed E-state index contributed by atoms with van der Waals surface area (Å²) in [6, 6.07) is 15.4. The molecule has 0 aliphatic carbocycles. The predicted molar refractivity (Wildman–Crippen MR) is 74.5 cm³/mol. The average Bonchev–Trinajstić information content (AvgIpc) is 2.39. The summed E-state index contributed by atoms with van der Waals surface area (Å²) < 4.78 is 0. The molecule has 18 heavy (non-hydrogen) atoms. The van der Waals surface area contributed by atoms with E-state index in [0.717, 1.165) is 18.4 Å². The van der Waals surface area contributed by atoms with E-state index >= 15 is 0 Å². The van der Waals surface area contributed by atoms with Crippen LogP contribution in [0.15, 0.2) is 48.5 Å². The summed E-state index contributed by atoms with van der Waals surface area (Å²) in [7, 11) is 0. The van der Waals surface area contributed by atoms with Gasteiger partial charge < -0.3 is 5.11 Å². The van der Waals surface area contributed by atoms with Crippen LogP contribution in [0.5, 0.6) is 5.75 Å². The monoisotopic (exact) mass is 236 g/mol. The van der Waals surface area contributed by atoms with E-state index in [2.05, 4.69) is 30.9 Å². The molecule has 0 bridgehead atoms. The highest BCUT2D eigenvalue weighted by Gasteiger charge is 1.95. The van der Waals surface area contributed by atoms with Crippen molar-refractivity contribution in [3.8, 4) is 17.6 Å². The van der Waals surface area contributed by atoms with Crippen molar-refractivity contribution in [3.63, 3.8) is 0 Å². The molecule has 0 unspecified atom stereocenters. The smallest absolute Gasteiger partial charge is 0.131 e. The Kier molecular flexibility index (Phi) is 4.04. The minimum absolute atomic E-state index is 0.231. The topological polar surface area (TPSA) is 20.2 Å². The highest BCUT2D eigenvalue weighted by molar-refractivity contribution is 5.49. The second-order valence-electron chi connectivity index (χ2n) is 4.22. The van der Waals surface area contributed by atoms with Gasteiger partial charge in [0.25, 0.3) is 0 Å². The van der Waals surface area contributed by atoms with Crippen LogP contribution in [-0.4, -0.2) is 5.11 Å². The quantitative estimate of drug-likeness (QED) is 0.787. The highest BCUT2D eigenvalue weighted by Crippen LogP contribution is 2.14. The van der Waals surface area contributed by atoms with E-state index in [1.54, 1.807) is 12.1 Å². The zero-order valence-corrected chi connectivity index (χ0v) is 10.5. The number of benzene rings is 2. The van der Waals surface area contributed by atoms with Crippen molar-refractivity contribution in [3.05, 3.63) is 65.2 Å². The summed E-state index contributed by atoms with van der Waals surface area (Å²) in [6.07, 6.45) is 2.21. The second-order valence-corrected chi connectivity index (χ2v) is 4.22. The number of hydrogen-bond donors (Lipinski definition) is 1. The summed E-state index contributed by atoms with van der Waals surface area (Å²) in [5.41, 5.74) is 2.96. The molecule has 0 saturated heterocycles. The normalized spacial score (nSPS) is 9.61. The van der Waals surface area contributed by atoms with E-state index in [1.165, 1.54) is 5.56 Å². The fourth-order valence-corrected chi connectivity index (χ4v) is 1.81. The molecule has 2 aromatic rings. The molecular formula is C17H16O. The van der Waals surface area contributed by atoms with Gasteiger partial charge in [0.15, 0.2) is 0 Å². The molecule has 1 N–H and O–H groups in total. The third-order valence-electron chi connectivity index (χ3n) is 2.71. The number of aromatic hydroxyl groups is 1. The molecule has 1 nitrogen and oxygen atoms in total. The second kappa shape index (κ2) is 5.93. The van der Waals surface area contributed by atoms with Gasteiger partial charge in [-0.15, -0.1) is 0 Å². The van der Waals surface area contributed by atoms with Gasteiger partial charge in [-0.05, 0) is 36.2 Å². The van der Waals surface area contributed by atoms with Gasteiger partial charge in [0.2, 0.25) is 0 Å². The molecule has 0 atom stereocenters. The molecule has 0 heterocycles. The van der Waals surface area contributed by atoms with Crippen LogP contribution < -0.4 is 0 Å². The van der Waals surface area contributed by atoms with E-state index < -0.39 is 0 Å². The maximum absolute atomic E-state index is 9.62. The Morgan fingerprint density at radius 1 is 1.00 bits per heavy atom. The van der Waals surface area contributed by atoms with Crippen molar-refractivity contribution < 1.29 is 5.11 Å². The lowest BCUT2D eigenvalue weighted by atomic mass is 10.1. The Balaban J connectivity index is 2.25. The van der Waals surface area contributed by atoms with Crippen molar-refractivity contribution in [2.75, 3.05) is 0 Å². The molecule has 0 amide bonds. The summed E-state index contributed by atoms with van der Waals surface area (Å²) in [5.74, 6) is 6.32. The van der Waals surface area contributed by atoms with Gasteiger partial charge in [-0.1, -0.05) is 49.5 Å². The Hall–Kier alpha value is -2.20. The minimum atomic E-state index is 0.231. The highest BCUT2D eigenvalue weighted by atomic mass is 16.3. The van der Waals surface area contributed by atoms with Gasteiger partial charge in [0.1, 0.15) is 5.75 Å².